The minimum Gasteiger partial charge on any atom is -0.352 e. The minimum absolute atomic E-state index is 0.0147. The van der Waals surface area contributed by atoms with Crippen molar-refractivity contribution >= 4 is 11.7 Å². The number of hydrazine groups is 1. The van der Waals surface area contributed by atoms with Crippen molar-refractivity contribution < 1.29 is 14.0 Å². The van der Waals surface area contributed by atoms with Gasteiger partial charge in [-0.05, 0) is 81.3 Å². The quantitative estimate of drug-likeness (QED) is 0.553. The average molecular weight is 480 g/mol. The zero-order valence-corrected chi connectivity index (χ0v) is 20.2. The third-order valence-corrected chi connectivity index (χ3v) is 7.80. The first-order valence-electron chi connectivity index (χ1n) is 12.7. The second-order valence-electron chi connectivity index (χ2n) is 10.3. The van der Waals surface area contributed by atoms with E-state index in [2.05, 4.69) is 33.3 Å². The average Bonchev–Trinajstić information content (AvgIpc) is 3.28. The number of amides is 1. The van der Waals surface area contributed by atoms with E-state index in [1.54, 1.807) is 12.1 Å². The summed E-state index contributed by atoms with van der Waals surface area (Å²) in [6.45, 7) is 3.57. The number of Topliss-reactive ketones (excluding diaryl/α,β-unsaturated/α-hetero) is 1. The molecule has 3 fully saturated rings. The summed E-state index contributed by atoms with van der Waals surface area (Å²) in [5, 5.41) is 3.27. The van der Waals surface area contributed by atoms with Gasteiger partial charge in [0.1, 0.15) is 5.82 Å². The number of hydrogen-bond donors (Lipinski definition) is 3. The van der Waals surface area contributed by atoms with E-state index in [4.69, 9.17) is 0 Å². The standard InChI is InChI=1S/C27H34FN5O2/c1-17-13-18(10-11-29-17)26-22-14-19(8-9-24(22)31-32-26)27(35)30-20-5-4-12-33(15-20)16-25(34)21-6-2-3-7-23(21)28/h2-3,6-7,10-11,13,19-20,22,24,26,31-32H,4-5,8-9,12,14-16H2,1H3,(H,30,35)/t19?,20-,22?,24?,26?/m1/s1. The number of likely N-dealkylation sites (tertiary alicyclic amines) is 1. The highest BCUT2D eigenvalue weighted by molar-refractivity contribution is 5.97. The van der Waals surface area contributed by atoms with E-state index >= 15 is 0 Å². The minimum atomic E-state index is -0.480. The van der Waals surface area contributed by atoms with Crippen molar-refractivity contribution in [2.45, 2.75) is 57.2 Å². The number of aryl methyl sites for hydroxylation is 1. The highest BCUT2D eigenvalue weighted by Gasteiger charge is 2.43. The molecule has 3 N–H and O–H groups in total. The molecule has 0 spiro atoms. The van der Waals surface area contributed by atoms with Crippen LogP contribution in [0.3, 0.4) is 0 Å². The first-order chi connectivity index (χ1) is 17.0. The molecule has 7 nitrogen and oxygen atoms in total. The van der Waals surface area contributed by atoms with Crippen molar-refractivity contribution in [1.29, 1.82) is 0 Å². The molecule has 4 unspecified atom stereocenters. The molecule has 3 heterocycles. The lowest BCUT2D eigenvalue weighted by Crippen LogP contribution is -2.51. The van der Waals surface area contributed by atoms with Crippen molar-refractivity contribution in [2.24, 2.45) is 11.8 Å². The van der Waals surface area contributed by atoms with Gasteiger partial charge >= 0.3 is 0 Å². The Balaban J connectivity index is 1.16. The lowest BCUT2D eigenvalue weighted by Gasteiger charge is -2.36. The Labute approximate surface area is 205 Å². The summed E-state index contributed by atoms with van der Waals surface area (Å²) >= 11 is 0. The van der Waals surface area contributed by atoms with Gasteiger partial charge in [-0.25, -0.2) is 9.82 Å². The number of nitrogens with one attached hydrogen (secondary N) is 3. The molecule has 1 aromatic carbocycles. The van der Waals surface area contributed by atoms with E-state index in [-0.39, 0.29) is 41.8 Å². The van der Waals surface area contributed by atoms with Crippen LogP contribution in [0.15, 0.2) is 42.6 Å². The van der Waals surface area contributed by atoms with Gasteiger partial charge in [0, 0.05) is 36.4 Å². The van der Waals surface area contributed by atoms with Crippen LogP contribution in [0.2, 0.25) is 0 Å². The van der Waals surface area contributed by atoms with Crippen molar-refractivity contribution in [3.05, 3.63) is 65.2 Å². The predicted molar refractivity (Wildman–Crippen MR) is 131 cm³/mol. The van der Waals surface area contributed by atoms with E-state index in [1.807, 2.05) is 18.0 Å². The molecule has 5 rings (SSSR count). The van der Waals surface area contributed by atoms with Gasteiger partial charge in [0.05, 0.1) is 18.2 Å². The fourth-order valence-corrected chi connectivity index (χ4v) is 6.00. The molecule has 0 radical (unpaired) electrons. The summed E-state index contributed by atoms with van der Waals surface area (Å²) in [5.41, 5.74) is 9.23. The first-order valence-corrected chi connectivity index (χ1v) is 12.7. The van der Waals surface area contributed by atoms with Crippen LogP contribution in [-0.2, 0) is 4.79 Å². The number of rotatable bonds is 6. The Morgan fingerprint density at radius 3 is 2.86 bits per heavy atom. The van der Waals surface area contributed by atoms with Gasteiger partial charge in [-0.2, -0.15) is 0 Å². The Bertz CT molecular complexity index is 1080. The van der Waals surface area contributed by atoms with Crippen LogP contribution in [0.1, 0.15) is 59.8 Å². The highest BCUT2D eigenvalue weighted by Crippen LogP contribution is 2.40. The van der Waals surface area contributed by atoms with Crippen molar-refractivity contribution in [1.82, 2.24) is 26.1 Å². The van der Waals surface area contributed by atoms with E-state index in [0.717, 1.165) is 44.3 Å². The molecule has 8 heteroatoms. The first kappa shape index (κ1) is 24.0. The fourth-order valence-electron chi connectivity index (χ4n) is 6.00. The van der Waals surface area contributed by atoms with Crippen LogP contribution < -0.4 is 16.2 Å². The summed E-state index contributed by atoms with van der Waals surface area (Å²) in [6, 6.07) is 10.8. The summed E-state index contributed by atoms with van der Waals surface area (Å²) in [7, 11) is 0. The van der Waals surface area contributed by atoms with Gasteiger partial charge in [0.2, 0.25) is 5.91 Å². The molecule has 1 amide bonds. The molecule has 1 aliphatic carbocycles. The van der Waals surface area contributed by atoms with Crippen LogP contribution in [0.4, 0.5) is 4.39 Å². The number of fused-ring (bicyclic) bond motifs is 1. The van der Waals surface area contributed by atoms with E-state index in [0.29, 0.717) is 18.5 Å². The number of carbonyl (C=O) groups excluding carboxylic acids is 2. The monoisotopic (exact) mass is 479 g/mol. The number of hydrogen-bond acceptors (Lipinski definition) is 6. The van der Waals surface area contributed by atoms with Crippen molar-refractivity contribution in [3.63, 3.8) is 0 Å². The summed E-state index contributed by atoms with van der Waals surface area (Å²) in [6.07, 6.45) is 6.32. The SMILES string of the molecule is Cc1cc(C2NNC3CCC(C(=O)N[C@@H]4CCCN(CC(=O)c5ccccc5F)C4)CC32)ccn1. The second kappa shape index (κ2) is 10.5. The van der Waals surface area contributed by atoms with Crippen molar-refractivity contribution in [2.75, 3.05) is 19.6 Å². The third-order valence-electron chi connectivity index (χ3n) is 7.80. The second-order valence-corrected chi connectivity index (χ2v) is 10.3. The fraction of sp³-hybridized carbons (Fsp3) is 0.519. The molecule has 2 aliphatic heterocycles. The van der Waals surface area contributed by atoms with Crippen LogP contribution in [0.25, 0.3) is 0 Å². The largest absolute Gasteiger partial charge is 0.352 e. The normalized spacial score (nSPS) is 28.9. The molecule has 1 aromatic heterocycles. The van der Waals surface area contributed by atoms with Gasteiger partial charge in [-0.1, -0.05) is 12.1 Å². The van der Waals surface area contributed by atoms with Gasteiger partial charge in [-0.3, -0.25) is 24.9 Å². The smallest absolute Gasteiger partial charge is 0.223 e. The molecule has 0 bridgehead atoms. The van der Waals surface area contributed by atoms with Crippen LogP contribution in [0.5, 0.6) is 0 Å². The number of piperidine rings is 1. The molecular weight excluding hydrogens is 445 g/mol. The Hall–Kier alpha value is -2.68. The van der Waals surface area contributed by atoms with Crippen LogP contribution in [-0.4, -0.2) is 53.3 Å². The predicted octanol–water partition coefficient (Wildman–Crippen LogP) is 2.93. The lowest BCUT2D eigenvalue weighted by atomic mass is 9.74. The number of ketones is 1. The van der Waals surface area contributed by atoms with Crippen molar-refractivity contribution in [3.8, 4) is 0 Å². The number of pyridine rings is 1. The summed E-state index contributed by atoms with van der Waals surface area (Å²) in [5.74, 6) is -0.244. The van der Waals surface area contributed by atoms with Crippen LogP contribution in [0, 0.1) is 24.6 Å². The highest BCUT2D eigenvalue weighted by atomic mass is 19.1. The van der Waals surface area contributed by atoms with Gasteiger partial charge in [0.25, 0.3) is 0 Å². The Morgan fingerprint density at radius 2 is 2.03 bits per heavy atom. The number of aromatic nitrogens is 1. The molecule has 5 atom stereocenters. The van der Waals surface area contributed by atoms with Gasteiger partial charge in [0.15, 0.2) is 5.78 Å². The Morgan fingerprint density at radius 1 is 1.17 bits per heavy atom. The summed E-state index contributed by atoms with van der Waals surface area (Å²) < 4.78 is 14.0. The zero-order chi connectivity index (χ0) is 24.4. The molecule has 35 heavy (non-hydrogen) atoms. The number of carbonyl (C=O) groups is 2. The molecule has 2 aromatic rings. The maximum Gasteiger partial charge on any atom is 0.223 e. The van der Waals surface area contributed by atoms with E-state index in [9.17, 15) is 14.0 Å². The molecule has 186 valence electrons. The maximum absolute atomic E-state index is 14.0. The summed E-state index contributed by atoms with van der Waals surface area (Å²) in [4.78, 5) is 32.2. The number of nitrogens with zero attached hydrogens (tertiary/aromatic N) is 2. The molecule has 3 aliphatic rings. The lowest BCUT2D eigenvalue weighted by molar-refractivity contribution is -0.127. The third kappa shape index (κ3) is 5.44. The molecular formula is C27H34FN5O2. The molecule has 2 saturated heterocycles. The number of halogens is 1. The topological polar surface area (TPSA) is 86.4 Å². The number of benzene rings is 1. The zero-order valence-electron chi connectivity index (χ0n) is 20.2. The van der Waals surface area contributed by atoms with Gasteiger partial charge in [-0.15, -0.1) is 0 Å². The maximum atomic E-state index is 14.0. The molecule has 1 saturated carbocycles. The van der Waals surface area contributed by atoms with E-state index < -0.39 is 5.82 Å². The Kier molecular flexibility index (Phi) is 7.22. The van der Waals surface area contributed by atoms with Crippen LogP contribution >= 0.6 is 0 Å². The van der Waals surface area contributed by atoms with E-state index in [1.165, 1.54) is 17.7 Å². The van der Waals surface area contributed by atoms with Gasteiger partial charge < -0.3 is 5.32 Å².